The highest BCUT2D eigenvalue weighted by atomic mass is 32.2. The van der Waals surface area contributed by atoms with Crippen molar-refractivity contribution < 1.29 is 22.7 Å². The number of fused-ring (bicyclic) bond motifs is 1. The second kappa shape index (κ2) is 9.16. The Morgan fingerprint density at radius 1 is 1.12 bits per heavy atom. The van der Waals surface area contributed by atoms with Crippen LogP contribution in [0, 0.1) is 0 Å². The van der Waals surface area contributed by atoms with Gasteiger partial charge in [-0.1, -0.05) is 30.3 Å². The van der Waals surface area contributed by atoms with Crippen molar-refractivity contribution in [3.8, 4) is 0 Å². The maximum absolute atomic E-state index is 13.6. The van der Waals surface area contributed by atoms with Crippen molar-refractivity contribution in [2.24, 2.45) is 0 Å². The first kappa shape index (κ1) is 22.7. The van der Waals surface area contributed by atoms with Crippen LogP contribution in [0.4, 0.5) is 5.69 Å². The molecule has 3 aromatic rings. The molecule has 0 fully saturated rings. The predicted octanol–water partition coefficient (Wildman–Crippen LogP) is 2.18. The number of aromatic nitrogens is 2. The first-order chi connectivity index (χ1) is 15.8. The zero-order chi connectivity index (χ0) is 23.6. The van der Waals surface area contributed by atoms with Crippen LogP contribution in [0.15, 0.2) is 65.8 Å². The van der Waals surface area contributed by atoms with Gasteiger partial charge in [0.2, 0.25) is 15.9 Å². The number of carbonyl (C=O) groups excluding carboxylic acids is 2. The zero-order valence-corrected chi connectivity index (χ0v) is 19.1. The van der Waals surface area contributed by atoms with Crippen LogP contribution in [0.3, 0.4) is 0 Å². The Bertz CT molecular complexity index is 1270. The number of ether oxygens (including phenoxy) is 1. The highest BCUT2D eigenvalue weighted by molar-refractivity contribution is 7.89. The number of rotatable bonds is 6. The Morgan fingerprint density at radius 2 is 1.82 bits per heavy atom. The van der Waals surface area contributed by atoms with Crippen molar-refractivity contribution in [1.29, 1.82) is 0 Å². The van der Waals surface area contributed by atoms with Crippen molar-refractivity contribution in [2.45, 2.75) is 37.4 Å². The molecule has 1 atom stereocenters. The highest BCUT2D eigenvalue weighted by Gasteiger charge is 2.42. The maximum Gasteiger partial charge on any atom is 0.324 e. The summed E-state index contributed by atoms with van der Waals surface area (Å²) < 4.78 is 35.1. The summed E-state index contributed by atoms with van der Waals surface area (Å²) in [6, 6.07) is 14.6. The van der Waals surface area contributed by atoms with Crippen LogP contribution in [0.5, 0.6) is 0 Å². The van der Waals surface area contributed by atoms with Gasteiger partial charge in [-0.3, -0.25) is 9.59 Å². The van der Waals surface area contributed by atoms with E-state index in [2.05, 4.69) is 10.3 Å². The van der Waals surface area contributed by atoms with Gasteiger partial charge in [-0.2, -0.15) is 4.31 Å². The summed E-state index contributed by atoms with van der Waals surface area (Å²) in [5.41, 5.74) is 2.94. The van der Waals surface area contributed by atoms with E-state index in [4.69, 9.17) is 4.74 Å². The molecular formula is C23H24N4O5S. The van der Waals surface area contributed by atoms with Gasteiger partial charge in [-0.05, 0) is 29.8 Å². The minimum Gasteiger partial charge on any atom is -0.468 e. The van der Waals surface area contributed by atoms with Gasteiger partial charge in [0.05, 0.1) is 36.3 Å². The Balaban J connectivity index is 1.68. The molecule has 9 nitrogen and oxygen atoms in total. The average Bonchev–Trinajstić information content (AvgIpc) is 3.20. The van der Waals surface area contributed by atoms with Gasteiger partial charge in [-0.15, -0.1) is 0 Å². The number of hydrogen-bond acceptors (Lipinski definition) is 6. The minimum atomic E-state index is -4.04. The molecule has 0 aliphatic carbocycles. The molecule has 172 valence electrons. The van der Waals surface area contributed by atoms with Gasteiger partial charge < -0.3 is 14.6 Å². The first-order valence-corrected chi connectivity index (χ1v) is 11.8. The summed E-state index contributed by atoms with van der Waals surface area (Å²) in [5.74, 6) is -0.900. The topological polar surface area (TPSA) is 111 Å². The molecule has 2 heterocycles. The molecule has 1 amide bonds. The number of hydrogen-bond donors (Lipinski definition) is 1. The minimum absolute atomic E-state index is 0.0162. The lowest BCUT2D eigenvalue weighted by molar-refractivity contribution is -0.145. The van der Waals surface area contributed by atoms with E-state index in [1.54, 1.807) is 6.33 Å². The van der Waals surface area contributed by atoms with E-state index in [0.717, 1.165) is 15.6 Å². The number of esters is 1. The third-order valence-electron chi connectivity index (χ3n) is 5.52. The number of carbonyl (C=O) groups is 2. The average molecular weight is 469 g/mol. The van der Waals surface area contributed by atoms with E-state index >= 15 is 0 Å². The number of benzene rings is 2. The van der Waals surface area contributed by atoms with E-state index in [1.807, 2.05) is 34.9 Å². The summed E-state index contributed by atoms with van der Waals surface area (Å²) in [4.78, 5) is 28.2. The molecule has 4 rings (SSSR count). The fourth-order valence-electron chi connectivity index (χ4n) is 3.90. The molecule has 2 aromatic carbocycles. The van der Waals surface area contributed by atoms with Crippen molar-refractivity contribution in [3.05, 3.63) is 77.9 Å². The Morgan fingerprint density at radius 3 is 2.45 bits per heavy atom. The molecule has 0 saturated carbocycles. The van der Waals surface area contributed by atoms with Gasteiger partial charge in [0, 0.05) is 25.6 Å². The molecule has 10 heteroatoms. The third kappa shape index (κ3) is 4.67. The van der Waals surface area contributed by atoms with E-state index in [1.165, 1.54) is 38.3 Å². The monoisotopic (exact) mass is 468 g/mol. The van der Waals surface area contributed by atoms with Gasteiger partial charge in [0.1, 0.15) is 6.04 Å². The van der Waals surface area contributed by atoms with Crippen LogP contribution < -0.4 is 5.32 Å². The summed E-state index contributed by atoms with van der Waals surface area (Å²) in [5, 5.41) is 2.61. The van der Waals surface area contributed by atoms with Crippen LogP contribution in [-0.4, -0.2) is 47.3 Å². The van der Waals surface area contributed by atoms with Crippen molar-refractivity contribution in [1.82, 2.24) is 13.9 Å². The molecule has 1 aliphatic heterocycles. The number of amides is 1. The molecule has 0 radical (unpaired) electrons. The lowest BCUT2D eigenvalue weighted by Crippen LogP contribution is -2.49. The molecule has 0 bridgehead atoms. The highest BCUT2D eigenvalue weighted by Crippen LogP contribution is 2.30. The van der Waals surface area contributed by atoms with Crippen LogP contribution in [0.2, 0.25) is 0 Å². The fourth-order valence-corrected chi connectivity index (χ4v) is 5.44. The molecule has 1 N–H and O–H groups in total. The molecular weight excluding hydrogens is 444 g/mol. The van der Waals surface area contributed by atoms with Crippen LogP contribution in [0.1, 0.15) is 23.9 Å². The van der Waals surface area contributed by atoms with Crippen molar-refractivity contribution in [3.63, 3.8) is 0 Å². The number of methoxy groups -OCH3 is 1. The van der Waals surface area contributed by atoms with Crippen molar-refractivity contribution in [2.75, 3.05) is 12.4 Å². The summed E-state index contributed by atoms with van der Waals surface area (Å²) in [6.07, 6.45) is 1.79. The van der Waals surface area contributed by atoms with Gasteiger partial charge in [0.25, 0.3) is 0 Å². The first-order valence-electron chi connectivity index (χ1n) is 10.3. The number of nitrogens with one attached hydrogen (secondary N) is 1. The standard InChI is InChI=1S/C23H24N4O5S/c1-16(28)25-18-8-10-19(11-9-18)33(30,31)27-14-22-20(12-21(27)23(29)32-2)24-15-26(22)13-17-6-4-3-5-7-17/h3-11,15,21H,12-14H2,1-2H3,(H,25,28)/t21-/m0/s1. The molecule has 0 spiro atoms. The molecule has 0 unspecified atom stereocenters. The largest absolute Gasteiger partial charge is 0.468 e. The molecule has 33 heavy (non-hydrogen) atoms. The van der Waals surface area contributed by atoms with Gasteiger partial charge in [-0.25, -0.2) is 13.4 Å². The van der Waals surface area contributed by atoms with E-state index < -0.39 is 22.0 Å². The molecule has 1 aromatic heterocycles. The number of anilines is 1. The van der Waals surface area contributed by atoms with Crippen molar-refractivity contribution >= 4 is 27.6 Å². The number of imidazole rings is 1. The number of nitrogens with zero attached hydrogens (tertiary/aromatic N) is 3. The Hall–Kier alpha value is -3.50. The Kier molecular flexibility index (Phi) is 6.30. The van der Waals surface area contributed by atoms with Gasteiger partial charge in [0.15, 0.2) is 0 Å². The second-order valence-electron chi connectivity index (χ2n) is 7.75. The zero-order valence-electron chi connectivity index (χ0n) is 18.3. The molecule has 1 aliphatic rings. The van der Waals surface area contributed by atoms with E-state index in [9.17, 15) is 18.0 Å². The predicted molar refractivity (Wildman–Crippen MR) is 121 cm³/mol. The Labute approximate surface area is 192 Å². The quantitative estimate of drug-likeness (QED) is 0.555. The summed E-state index contributed by atoms with van der Waals surface area (Å²) >= 11 is 0. The van der Waals surface area contributed by atoms with Crippen LogP contribution in [-0.2, 0) is 43.9 Å². The van der Waals surface area contributed by atoms with Gasteiger partial charge >= 0.3 is 5.97 Å². The van der Waals surface area contributed by atoms with Crippen LogP contribution >= 0.6 is 0 Å². The number of sulfonamides is 1. The summed E-state index contributed by atoms with van der Waals surface area (Å²) in [7, 11) is -2.81. The lowest BCUT2D eigenvalue weighted by atomic mass is 10.1. The molecule has 0 saturated heterocycles. The van der Waals surface area contributed by atoms with E-state index in [-0.39, 0.29) is 23.8 Å². The smallest absolute Gasteiger partial charge is 0.324 e. The normalized spacial score (nSPS) is 16.1. The SMILES string of the molecule is COC(=O)[C@@H]1Cc2ncn(Cc3ccccc3)c2CN1S(=O)(=O)c1ccc(NC(C)=O)cc1. The van der Waals surface area contributed by atoms with E-state index in [0.29, 0.717) is 17.9 Å². The fraction of sp³-hybridized carbons (Fsp3) is 0.261. The second-order valence-corrected chi connectivity index (χ2v) is 9.64. The maximum atomic E-state index is 13.6. The third-order valence-corrected chi connectivity index (χ3v) is 7.39. The lowest BCUT2D eigenvalue weighted by Gasteiger charge is -2.33. The summed E-state index contributed by atoms with van der Waals surface area (Å²) in [6.45, 7) is 1.89. The van der Waals surface area contributed by atoms with Crippen LogP contribution in [0.25, 0.3) is 0 Å².